The van der Waals surface area contributed by atoms with E-state index in [4.69, 9.17) is 11.6 Å². The van der Waals surface area contributed by atoms with Crippen LogP contribution in [0.4, 0.5) is 11.6 Å². The quantitative estimate of drug-likeness (QED) is 0.886. The Kier molecular flexibility index (Phi) is 5.11. The Hall–Kier alpha value is -2.14. The molecule has 21 heavy (non-hydrogen) atoms. The minimum Gasteiger partial charge on any atom is -0.352 e. The lowest BCUT2D eigenvalue weighted by molar-refractivity contribution is 0.102. The summed E-state index contributed by atoms with van der Waals surface area (Å²) < 4.78 is 0. The van der Waals surface area contributed by atoms with Crippen LogP contribution in [0.2, 0.25) is 5.02 Å². The van der Waals surface area contributed by atoms with Gasteiger partial charge in [0.15, 0.2) is 0 Å². The number of nitrogens with one attached hydrogen (secondary N) is 2. The highest BCUT2D eigenvalue weighted by atomic mass is 35.5. The van der Waals surface area contributed by atoms with Crippen LogP contribution >= 0.6 is 11.6 Å². The number of amides is 1. The second kappa shape index (κ2) is 7.04. The molecule has 6 heteroatoms. The topological polar surface area (TPSA) is 66.9 Å². The number of halogens is 1. The Morgan fingerprint density at radius 2 is 1.95 bits per heavy atom. The zero-order valence-corrected chi connectivity index (χ0v) is 12.7. The zero-order chi connectivity index (χ0) is 15.2. The van der Waals surface area contributed by atoms with Crippen LogP contribution in [0, 0.1) is 0 Å². The molecule has 1 unspecified atom stereocenters. The normalized spacial score (nSPS) is 11.8. The van der Waals surface area contributed by atoms with Gasteiger partial charge < -0.3 is 10.6 Å². The van der Waals surface area contributed by atoms with Crippen LogP contribution in [-0.2, 0) is 0 Å². The SMILES string of the molecule is CCC(C)Nc1ncc(C(=O)Nc2ccccc2Cl)cn1. The van der Waals surface area contributed by atoms with Crippen LogP contribution in [0.25, 0.3) is 0 Å². The molecule has 0 spiro atoms. The van der Waals surface area contributed by atoms with Crippen LogP contribution in [0.1, 0.15) is 30.6 Å². The van der Waals surface area contributed by atoms with Crippen LogP contribution in [0.5, 0.6) is 0 Å². The standard InChI is InChI=1S/C15H17ClN4O/c1-3-10(2)19-15-17-8-11(9-18-15)14(21)20-13-7-5-4-6-12(13)16/h4-10H,3H2,1-2H3,(H,20,21)(H,17,18,19). The smallest absolute Gasteiger partial charge is 0.258 e. The lowest BCUT2D eigenvalue weighted by Crippen LogP contribution is -2.17. The Morgan fingerprint density at radius 1 is 1.29 bits per heavy atom. The van der Waals surface area contributed by atoms with E-state index in [9.17, 15) is 4.79 Å². The molecule has 0 radical (unpaired) electrons. The summed E-state index contributed by atoms with van der Waals surface area (Å²) in [4.78, 5) is 20.4. The first-order valence-corrected chi connectivity index (χ1v) is 7.12. The summed E-state index contributed by atoms with van der Waals surface area (Å²) in [5.41, 5.74) is 0.940. The number of rotatable bonds is 5. The second-order valence-electron chi connectivity index (χ2n) is 4.68. The largest absolute Gasteiger partial charge is 0.352 e. The lowest BCUT2D eigenvalue weighted by Gasteiger charge is -2.11. The van der Waals surface area contributed by atoms with Crippen molar-refractivity contribution >= 4 is 29.1 Å². The van der Waals surface area contributed by atoms with Crippen molar-refractivity contribution in [3.05, 3.63) is 47.2 Å². The Bertz CT molecular complexity index is 615. The second-order valence-corrected chi connectivity index (χ2v) is 5.09. The first-order chi connectivity index (χ1) is 10.1. The summed E-state index contributed by atoms with van der Waals surface area (Å²) in [5, 5.41) is 6.36. The molecule has 1 amide bonds. The molecule has 0 bridgehead atoms. The highest BCUT2D eigenvalue weighted by Gasteiger charge is 2.10. The lowest BCUT2D eigenvalue weighted by atomic mass is 10.2. The molecule has 2 rings (SSSR count). The number of aromatic nitrogens is 2. The van der Waals surface area contributed by atoms with Crippen molar-refractivity contribution in [1.29, 1.82) is 0 Å². The fraction of sp³-hybridized carbons (Fsp3) is 0.267. The van der Waals surface area contributed by atoms with Gasteiger partial charge >= 0.3 is 0 Å². The van der Waals surface area contributed by atoms with Gasteiger partial charge in [-0.25, -0.2) is 9.97 Å². The summed E-state index contributed by atoms with van der Waals surface area (Å²) in [6.07, 6.45) is 3.95. The molecule has 0 aliphatic carbocycles. The number of benzene rings is 1. The predicted octanol–water partition coefficient (Wildman–Crippen LogP) is 3.59. The van der Waals surface area contributed by atoms with Crippen molar-refractivity contribution in [3.8, 4) is 0 Å². The molecule has 2 aromatic rings. The Balaban J connectivity index is 2.05. The van der Waals surface area contributed by atoms with Crippen molar-refractivity contribution in [2.75, 3.05) is 10.6 Å². The molecule has 1 aromatic carbocycles. The van der Waals surface area contributed by atoms with E-state index in [-0.39, 0.29) is 11.9 Å². The van der Waals surface area contributed by atoms with E-state index < -0.39 is 0 Å². The summed E-state index contributed by atoms with van der Waals surface area (Å²) in [6.45, 7) is 4.12. The highest BCUT2D eigenvalue weighted by molar-refractivity contribution is 6.33. The number of carbonyl (C=O) groups excluding carboxylic acids is 1. The van der Waals surface area contributed by atoms with Crippen molar-refractivity contribution in [2.24, 2.45) is 0 Å². The van der Waals surface area contributed by atoms with Crippen molar-refractivity contribution in [3.63, 3.8) is 0 Å². The molecule has 110 valence electrons. The maximum atomic E-state index is 12.1. The number of hydrogen-bond donors (Lipinski definition) is 2. The monoisotopic (exact) mass is 304 g/mol. The molecule has 5 nitrogen and oxygen atoms in total. The van der Waals surface area contributed by atoms with Gasteiger partial charge in [-0.3, -0.25) is 4.79 Å². The van der Waals surface area contributed by atoms with E-state index in [1.807, 2.05) is 6.92 Å². The van der Waals surface area contributed by atoms with Crippen LogP contribution in [0.3, 0.4) is 0 Å². The van der Waals surface area contributed by atoms with Gasteiger partial charge in [-0.05, 0) is 25.5 Å². The van der Waals surface area contributed by atoms with Gasteiger partial charge in [0.05, 0.1) is 16.3 Å². The van der Waals surface area contributed by atoms with Crippen LogP contribution in [-0.4, -0.2) is 21.9 Å². The number of hydrogen-bond acceptors (Lipinski definition) is 4. The first kappa shape index (κ1) is 15.3. The average molecular weight is 305 g/mol. The van der Waals surface area contributed by atoms with Crippen LogP contribution < -0.4 is 10.6 Å². The van der Waals surface area contributed by atoms with E-state index in [1.165, 1.54) is 12.4 Å². The Morgan fingerprint density at radius 3 is 2.57 bits per heavy atom. The van der Waals surface area contributed by atoms with Gasteiger partial charge in [0.25, 0.3) is 5.91 Å². The molecular formula is C15H17ClN4O. The number of para-hydroxylation sites is 1. The first-order valence-electron chi connectivity index (χ1n) is 6.74. The average Bonchev–Trinajstić information content (AvgIpc) is 2.50. The molecule has 0 aliphatic heterocycles. The van der Waals surface area contributed by atoms with Crippen molar-refractivity contribution < 1.29 is 4.79 Å². The molecule has 0 fully saturated rings. The molecule has 1 heterocycles. The van der Waals surface area contributed by atoms with E-state index >= 15 is 0 Å². The van der Waals surface area contributed by atoms with Crippen molar-refractivity contribution in [1.82, 2.24) is 9.97 Å². The summed E-state index contributed by atoms with van der Waals surface area (Å²) >= 11 is 6.00. The van der Waals surface area contributed by atoms with Crippen LogP contribution in [0.15, 0.2) is 36.7 Å². The molecule has 0 aliphatic rings. The van der Waals surface area contributed by atoms with Crippen molar-refractivity contribution in [2.45, 2.75) is 26.3 Å². The Labute approximate surface area is 128 Å². The molecule has 0 saturated heterocycles. The summed E-state index contributed by atoms with van der Waals surface area (Å²) in [6, 6.07) is 7.34. The van der Waals surface area contributed by atoms with E-state index in [1.54, 1.807) is 24.3 Å². The minimum absolute atomic E-state index is 0.285. The van der Waals surface area contributed by atoms with E-state index in [2.05, 4.69) is 27.5 Å². The summed E-state index contributed by atoms with van der Waals surface area (Å²) in [5.74, 6) is 0.219. The van der Waals surface area contributed by atoms with Gasteiger partial charge in [0.1, 0.15) is 0 Å². The fourth-order valence-electron chi connectivity index (χ4n) is 1.60. The van der Waals surface area contributed by atoms with Gasteiger partial charge in [-0.15, -0.1) is 0 Å². The molecule has 1 aromatic heterocycles. The number of nitrogens with zero attached hydrogens (tertiary/aromatic N) is 2. The van der Waals surface area contributed by atoms with E-state index in [0.717, 1.165) is 6.42 Å². The maximum absolute atomic E-state index is 12.1. The fourth-order valence-corrected chi connectivity index (χ4v) is 1.78. The third kappa shape index (κ3) is 4.16. The molecule has 1 atom stereocenters. The molecular weight excluding hydrogens is 288 g/mol. The minimum atomic E-state index is -0.293. The zero-order valence-electron chi connectivity index (χ0n) is 11.9. The van der Waals surface area contributed by atoms with Gasteiger partial charge in [0, 0.05) is 18.4 Å². The highest BCUT2D eigenvalue weighted by Crippen LogP contribution is 2.21. The van der Waals surface area contributed by atoms with Gasteiger partial charge in [-0.2, -0.15) is 0 Å². The maximum Gasteiger partial charge on any atom is 0.258 e. The molecule has 0 saturated carbocycles. The van der Waals surface area contributed by atoms with Gasteiger partial charge in [-0.1, -0.05) is 30.7 Å². The van der Waals surface area contributed by atoms with E-state index in [0.29, 0.717) is 22.2 Å². The predicted molar refractivity (Wildman–Crippen MR) is 84.8 cm³/mol. The number of carbonyl (C=O) groups is 1. The third-order valence-electron chi connectivity index (χ3n) is 3.02. The summed E-state index contributed by atoms with van der Waals surface area (Å²) in [7, 11) is 0. The third-order valence-corrected chi connectivity index (χ3v) is 3.35. The molecule has 2 N–H and O–H groups in total. The van der Waals surface area contributed by atoms with Gasteiger partial charge in [0.2, 0.25) is 5.95 Å². The number of anilines is 2.